The first-order chi connectivity index (χ1) is 5.15. The second-order valence-corrected chi connectivity index (χ2v) is 4.67. The van der Waals surface area contributed by atoms with E-state index in [0.29, 0.717) is 11.9 Å². The summed E-state index contributed by atoms with van der Waals surface area (Å²) in [5.74, 6) is 0.131. The lowest BCUT2D eigenvalue weighted by Crippen LogP contribution is -1.95. The van der Waals surface area contributed by atoms with E-state index in [1.807, 2.05) is 7.85 Å². The molecule has 0 amide bonds. The molecule has 0 spiro atoms. The standard InChI is InChI=1S/C6H7BOS3/c7-2-4(8)3-1-5(9)11-6(3)10/h1,9-10H,2,7H2. The largest absolute Gasteiger partial charge is 0.295 e. The summed E-state index contributed by atoms with van der Waals surface area (Å²) >= 11 is 9.71. The molecule has 0 bridgehead atoms. The van der Waals surface area contributed by atoms with Gasteiger partial charge in [0, 0.05) is 5.56 Å². The van der Waals surface area contributed by atoms with Crippen LogP contribution in [0.15, 0.2) is 14.5 Å². The van der Waals surface area contributed by atoms with Crippen molar-refractivity contribution in [3.05, 3.63) is 11.6 Å². The van der Waals surface area contributed by atoms with E-state index in [4.69, 9.17) is 0 Å². The first-order valence-corrected chi connectivity index (χ1v) is 4.91. The number of carbonyl (C=O) groups excluding carboxylic acids is 1. The van der Waals surface area contributed by atoms with Crippen LogP contribution in [0.2, 0.25) is 6.32 Å². The molecule has 11 heavy (non-hydrogen) atoms. The van der Waals surface area contributed by atoms with Gasteiger partial charge in [0.2, 0.25) is 0 Å². The molecule has 1 aromatic rings. The molecule has 0 saturated heterocycles. The lowest BCUT2D eigenvalue weighted by molar-refractivity contribution is 0.101. The van der Waals surface area contributed by atoms with Crippen molar-refractivity contribution in [2.24, 2.45) is 0 Å². The highest BCUT2D eigenvalue weighted by molar-refractivity contribution is 7.85. The SMILES string of the molecule is BCC(=O)c1cc(S)sc1S. The Labute approximate surface area is 81.4 Å². The van der Waals surface area contributed by atoms with Crippen molar-refractivity contribution < 1.29 is 4.79 Å². The van der Waals surface area contributed by atoms with Gasteiger partial charge in [0.15, 0.2) is 5.78 Å². The Kier molecular flexibility index (Phi) is 3.10. The molecule has 1 aromatic heterocycles. The van der Waals surface area contributed by atoms with Crippen molar-refractivity contribution in [3.63, 3.8) is 0 Å². The van der Waals surface area contributed by atoms with Gasteiger partial charge in [-0.05, 0) is 12.4 Å². The predicted octanol–water partition coefficient (Wildman–Crippen LogP) is 1.56. The third-order valence-electron chi connectivity index (χ3n) is 1.32. The molecule has 1 heterocycles. The average molecular weight is 202 g/mol. The van der Waals surface area contributed by atoms with Crippen LogP contribution < -0.4 is 0 Å². The van der Waals surface area contributed by atoms with E-state index in [9.17, 15) is 4.79 Å². The van der Waals surface area contributed by atoms with Gasteiger partial charge in [0.05, 0.1) is 8.42 Å². The van der Waals surface area contributed by atoms with Crippen LogP contribution in [0.4, 0.5) is 0 Å². The van der Waals surface area contributed by atoms with Crippen molar-refractivity contribution in [3.8, 4) is 0 Å². The maximum Gasteiger partial charge on any atom is 0.157 e. The Morgan fingerprint density at radius 1 is 1.64 bits per heavy atom. The van der Waals surface area contributed by atoms with Gasteiger partial charge in [-0.2, -0.15) is 0 Å². The van der Waals surface area contributed by atoms with E-state index in [1.54, 1.807) is 6.07 Å². The van der Waals surface area contributed by atoms with Gasteiger partial charge in [0.25, 0.3) is 0 Å². The minimum atomic E-state index is 0.131. The number of thiophene rings is 1. The molecule has 1 rings (SSSR count). The molecule has 0 aliphatic rings. The van der Waals surface area contributed by atoms with Gasteiger partial charge in [-0.25, -0.2) is 0 Å². The fourth-order valence-electron chi connectivity index (χ4n) is 0.759. The zero-order valence-corrected chi connectivity index (χ0v) is 8.60. The summed E-state index contributed by atoms with van der Waals surface area (Å²) < 4.78 is 1.61. The summed E-state index contributed by atoms with van der Waals surface area (Å²) in [5, 5.41) is 0. The maximum absolute atomic E-state index is 11.2. The molecule has 0 fully saturated rings. The lowest BCUT2D eigenvalue weighted by Gasteiger charge is -1.91. The minimum absolute atomic E-state index is 0.131. The van der Waals surface area contributed by atoms with Gasteiger partial charge in [-0.3, -0.25) is 4.79 Å². The minimum Gasteiger partial charge on any atom is -0.295 e. The van der Waals surface area contributed by atoms with Gasteiger partial charge in [0.1, 0.15) is 7.85 Å². The van der Waals surface area contributed by atoms with Gasteiger partial charge >= 0.3 is 0 Å². The quantitative estimate of drug-likeness (QED) is 0.423. The molecule has 0 radical (unpaired) electrons. The number of Topliss-reactive ketones (excluding diaryl/α,β-unsaturated/α-hetero) is 1. The van der Waals surface area contributed by atoms with E-state index >= 15 is 0 Å². The Morgan fingerprint density at radius 2 is 2.27 bits per heavy atom. The van der Waals surface area contributed by atoms with Gasteiger partial charge in [-0.1, -0.05) is 0 Å². The van der Waals surface area contributed by atoms with Crippen LogP contribution in [-0.2, 0) is 0 Å². The summed E-state index contributed by atoms with van der Waals surface area (Å²) in [5.41, 5.74) is 0.700. The predicted molar refractivity (Wildman–Crippen MR) is 56.5 cm³/mol. The molecule has 0 unspecified atom stereocenters. The smallest absolute Gasteiger partial charge is 0.157 e. The first-order valence-electron chi connectivity index (χ1n) is 3.20. The van der Waals surface area contributed by atoms with Gasteiger partial charge in [-0.15, -0.1) is 36.6 Å². The lowest BCUT2D eigenvalue weighted by atomic mass is 9.98. The fourth-order valence-corrected chi connectivity index (χ4v) is 2.52. The van der Waals surface area contributed by atoms with Crippen molar-refractivity contribution in [1.29, 1.82) is 0 Å². The van der Waals surface area contributed by atoms with Crippen LogP contribution in [-0.4, -0.2) is 13.6 Å². The normalized spacial score (nSPS) is 10.0. The van der Waals surface area contributed by atoms with Crippen LogP contribution in [0.3, 0.4) is 0 Å². The number of hydrogen-bond acceptors (Lipinski definition) is 4. The molecular formula is C6H7BOS3. The summed E-state index contributed by atoms with van der Waals surface area (Å²) in [6.07, 6.45) is 0.525. The Bertz CT molecular complexity index is 281. The number of ketones is 1. The van der Waals surface area contributed by atoms with E-state index < -0.39 is 0 Å². The second-order valence-electron chi connectivity index (χ2n) is 2.08. The average Bonchev–Trinajstić information content (AvgIpc) is 2.28. The summed E-state index contributed by atoms with van der Waals surface area (Å²) in [6, 6.07) is 1.77. The van der Waals surface area contributed by atoms with Crippen LogP contribution in [0, 0.1) is 0 Å². The third-order valence-corrected chi connectivity index (χ3v) is 2.98. The molecule has 0 saturated carbocycles. The Morgan fingerprint density at radius 3 is 2.64 bits per heavy atom. The van der Waals surface area contributed by atoms with Crippen LogP contribution in [0.1, 0.15) is 10.4 Å². The van der Waals surface area contributed by atoms with E-state index in [-0.39, 0.29) is 5.78 Å². The molecule has 0 aliphatic heterocycles. The molecule has 0 atom stereocenters. The van der Waals surface area contributed by atoms with Crippen LogP contribution in [0.5, 0.6) is 0 Å². The highest BCUT2D eigenvalue weighted by Crippen LogP contribution is 2.28. The highest BCUT2D eigenvalue weighted by atomic mass is 32.2. The van der Waals surface area contributed by atoms with Crippen LogP contribution >= 0.6 is 36.6 Å². The Balaban J connectivity index is 3.03. The molecule has 58 valence electrons. The van der Waals surface area contributed by atoms with Crippen molar-refractivity contribution in [2.75, 3.05) is 0 Å². The van der Waals surface area contributed by atoms with E-state index in [2.05, 4.69) is 25.3 Å². The zero-order chi connectivity index (χ0) is 8.43. The van der Waals surface area contributed by atoms with E-state index in [1.165, 1.54) is 11.3 Å². The topological polar surface area (TPSA) is 17.1 Å². The Hall–Kier alpha value is 0.135. The molecule has 0 aliphatic carbocycles. The zero-order valence-electron chi connectivity index (χ0n) is 6.00. The number of carbonyl (C=O) groups is 1. The second kappa shape index (κ2) is 3.69. The summed E-state index contributed by atoms with van der Waals surface area (Å²) in [7, 11) is 1.84. The van der Waals surface area contributed by atoms with Crippen molar-refractivity contribution in [1.82, 2.24) is 0 Å². The van der Waals surface area contributed by atoms with Crippen molar-refractivity contribution in [2.45, 2.75) is 14.7 Å². The molecule has 1 nitrogen and oxygen atoms in total. The molecule has 5 heteroatoms. The number of rotatable bonds is 2. The third kappa shape index (κ3) is 2.04. The fraction of sp³-hybridized carbons (Fsp3) is 0.167. The molecule has 0 N–H and O–H groups in total. The van der Waals surface area contributed by atoms with Gasteiger partial charge < -0.3 is 0 Å². The maximum atomic E-state index is 11.2. The number of hydrogen-bond donors (Lipinski definition) is 2. The van der Waals surface area contributed by atoms with E-state index in [0.717, 1.165) is 8.42 Å². The first kappa shape index (κ1) is 9.22. The highest BCUT2D eigenvalue weighted by Gasteiger charge is 2.09. The monoisotopic (exact) mass is 202 g/mol. The number of thiol groups is 2. The summed E-state index contributed by atoms with van der Waals surface area (Å²) in [4.78, 5) is 11.2. The molecule has 0 aromatic carbocycles. The van der Waals surface area contributed by atoms with Crippen LogP contribution in [0.25, 0.3) is 0 Å². The van der Waals surface area contributed by atoms with Crippen molar-refractivity contribution >= 4 is 50.2 Å². The summed E-state index contributed by atoms with van der Waals surface area (Å²) in [6.45, 7) is 0. The molecular weight excluding hydrogens is 195 g/mol.